The van der Waals surface area contributed by atoms with Crippen LogP contribution in [0.5, 0.6) is 0 Å². The number of unbranched alkanes of at least 4 members (excludes halogenated alkanes) is 1. The monoisotopic (exact) mass is 1090 g/mol. The summed E-state index contributed by atoms with van der Waals surface area (Å²) in [5.74, 6) is -7.00. The van der Waals surface area contributed by atoms with Crippen molar-refractivity contribution in [3.8, 4) is 0 Å². The lowest BCUT2D eigenvalue weighted by molar-refractivity contribution is -0.141. The molecule has 5 amide bonds. The Bertz CT molecular complexity index is 2490. The van der Waals surface area contributed by atoms with Crippen LogP contribution in [0.15, 0.2) is 66.7 Å². The van der Waals surface area contributed by atoms with Gasteiger partial charge in [0.1, 0.15) is 18.1 Å². The summed E-state index contributed by atoms with van der Waals surface area (Å²) in [6, 6.07) is 16.2. The lowest BCUT2D eigenvalue weighted by atomic mass is 9.81. The van der Waals surface area contributed by atoms with Gasteiger partial charge in [-0.15, -0.1) is 0 Å². The van der Waals surface area contributed by atoms with Crippen molar-refractivity contribution in [2.75, 3.05) is 78.5 Å². The highest BCUT2D eigenvalue weighted by molar-refractivity contribution is 5.94. The smallest absolute Gasteiger partial charge is 0.326 e. The van der Waals surface area contributed by atoms with Gasteiger partial charge in [-0.1, -0.05) is 54.6 Å². The molecule has 23 heteroatoms. The summed E-state index contributed by atoms with van der Waals surface area (Å²) in [5, 5.41) is 65.5. The average Bonchev–Trinajstić information content (AvgIpc) is 3.40. The standard InChI is InChI=1S/C55H77N9O14/c65-47(66)21-20-45(54(76)77)61-55(78)60-44(53(74)75)9-3-4-23-57-52(73)46(32-39-14-15-40-7-1-2-8-43(40)31-39)59-51(72)42-16-10-37(11-17-42)33-58-50(71)41-18-12-38(13-19-41)34-62-26-6-27-64(36-49(69)70)30-29-63(35-48(67)68)25-5-22-56-24-28-62/h1-2,7-8,12-15,18-19,31,37,42,44-46,56H,3-6,9-11,16-17,20-30,32-36H2,(H,57,73)(H,58,71)(H,59,72)(H,65,66)(H,67,68)(H,69,70)(H,74,75)(H,76,77)(H2,60,61,78)/t37?,42?,44-,45-,46-/m0/s1. The van der Waals surface area contributed by atoms with Crippen molar-refractivity contribution in [2.45, 2.75) is 102 Å². The first-order chi connectivity index (χ1) is 37.4. The second kappa shape index (κ2) is 32.5. The summed E-state index contributed by atoms with van der Waals surface area (Å²) in [4.78, 5) is 117. The van der Waals surface area contributed by atoms with E-state index in [9.17, 15) is 63.6 Å². The number of rotatable bonds is 26. The molecule has 3 atom stereocenters. The summed E-state index contributed by atoms with van der Waals surface area (Å²) < 4.78 is 0. The second-order valence-corrected chi connectivity index (χ2v) is 20.3. The number of nitrogens with one attached hydrogen (secondary N) is 6. The lowest BCUT2D eigenvalue weighted by Gasteiger charge is -2.29. The van der Waals surface area contributed by atoms with E-state index in [1.165, 1.54) is 0 Å². The Labute approximate surface area is 453 Å². The summed E-state index contributed by atoms with van der Waals surface area (Å²) >= 11 is 0. The molecule has 0 aromatic heterocycles. The number of fused-ring (bicyclic) bond motifs is 1. The predicted octanol–water partition coefficient (Wildman–Crippen LogP) is 2.42. The van der Waals surface area contributed by atoms with Crippen LogP contribution in [0.4, 0.5) is 4.79 Å². The predicted molar refractivity (Wildman–Crippen MR) is 288 cm³/mol. The number of carboxylic acids is 5. The zero-order valence-corrected chi connectivity index (χ0v) is 44.2. The van der Waals surface area contributed by atoms with Gasteiger partial charge < -0.3 is 57.4 Å². The van der Waals surface area contributed by atoms with E-state index in [1.807, 2.05) is 76.5 Å². The SMILES string of the molecule is O=C(O)CC[C@H](NC(=O)N[C@@H](CCCCNC(=O)[C@H](Cc1ccc2ccccc2c1)NC(=O)C1CCC(CNC(=O)c2ccc(CN3CCCN(CC(=O)O)CCN(CC(=O)O)CCCNCC3)cc2)CC1)C(=O)O)C(=O)O. The quantitative estimate of drug-likeness (QED) is 0.0514. The minimum absolute atomic E-state index is 0.0516. The zero-order valence-electron chi connectivity index (χ0n) is 44.2. The number of benzene rings is 3. The van der Waals surface area contributed by atoms with E-state index in [-0.39, 0.29) is 62.5 Å². The Balaban J connectivity index is 1.08. The number of carboxylic acid groups (broad SMARTS) is 5. The number of hydrogen-bond donors (Lipinski definition) is 11. The lowest BCUT2D eigenvalue weighted by Crippen LogP contribution is -2.51. The van der Waals surface area contributed by atoms with Gasteiger partial charge in [-0.3, -0.25) is 43.5 Å². The molecular formula is C55H77N9O14. The van der Waals surface area contributed by atoms with Crippen molar-refractivity contribution in [1.29, 1.82) is 0 Å². The molecule has 0 radical (unpaired) electrons. The van der Waals surface area contributed by atoms with E-state index in [0.717, 1.165) is 60.9 Å². The van der Waals surface area contributed by atoms with Gasteiger partial charge in [-0.25, -0.2) is 14.4 Å². The molecule has 2 aliphatic rings. The van der Waals surface area contributed by atoms with E-state index in [1.54, 1.807) is 0 Å². The maximum atomic E-state index is 13.8. The average molecular weight is 1090 g/mol. The molecule has 1 heterocycles. The molecule has 1 aliphatic carbocycles. The molecule has 3 aromatic carbocycles. The number of carbonyl (C=O) groups is 9. The Hall–Kier alpha value is -7.21. The zero-order chi connectivity index (χ0) is 56.4. The molecule has 426 valence electrons. The first-order valence-electron chi connectivity index (χ1n) is 26.9. The summed E-state index contributed by atoms with van der Waals surface area (Å²) in [6.45, 7) is 6.00. The van der Waals surface area contributed by atoms with Crippen LogP contribution >= 0.6 is 0 Å². The second-order valence-electron chi connectivity index (χ2n) is 20.3. The topological polar surface area (TPSA) is 337 Å². The number of urea groups is 1. The van der Waals surface area contributed by atoms with Crippen molar-refractivity contribution >= 4 is 64.4 Å². The van der Waals surface area contributed by atoms with Crippen molar-refractivity contribution in [1.82, 2.24) is 46.6 Å². The molecule has 0 spiro atoms. The fraction of sp³-hybridized carbons (Fsp3) is 0.545. The van der Waals surface area contributed by atoms with Crippen molar-refractivity contribution < 1.29 is 68.7 Å². The van der Waals surface area contributed by atoms with Crippen molar-refractivity contribution in [2.24, 2.45) is 11.8 Å². The number of carbonyl (C=O) groups excluding carboxylic acids is 4. The largest absolute Gasteiger partial charge is 0.481 e. The molecule has 1 saturated heterocycles. The molecule has 0 bridgehead atoms. The van der Waals surface area contributed by atoms with Gasteiger partial charge in [0.25, 0.3) is 5.91 Å². The summed E-state index contributed by atoms with van der Waals surface area (Å²) in [6.07, 6.45) is 3.80. The van der Waals surface area contributed by atoms with Gasteiger partial charge in [-0.05, 0) is 124 Å². The third-order valence-electron chi connectivity index (χ3n) is 14.2. The van der Waals surface area contributed by atoms with Crippen LogP contribution in [-0.4, -0.2) is 190 Å². The third-order valence-corrected chi connectivity index (χ3v) is 14.2. The highest BCUT2D eigenvalue weighted by Crippen LogP contribution is 2.29. The maximum absolute atomic E-state index is 13.8. The number of aliphatic carboxylic acids is 5. The number of hydrogen-bond acceptors (Lipinski definition) is 13. The first-order valence-corrected chi connectivity index (χ1v) is 26.9. The molecule has 1 aliphatic heterocycles. The van der Waals surface area contributed by atoms with Gasteiger partial charge in [0.2, 0.25) is 11.8 Å². The van der Waals surface area contributed by atoms with Gasteiger partial charge in [0.05, 0.1) is 13.1 Å². The molecule has 5 rings (SSSR count). The van der Waals surface area contributed by atoms with Gasteiger partial charge in [0.15, 0.2) is 0 Å². The molecule has 1 saturated carbocycles. The van der Waals surface area contributed by atoms with Crippen molar-refractivity contribution in [3.05, 3.63) is 83.4 Å². The molecule has 3 aromatic rings. The van der Waals surface area contributed by atoms with E-state index in [4.69, 9.17) is 5.11 Å². The molecule has 23 nitrogen and oxygen atoms in total. The van der Waals surface area contributed by atoms with E-state index in [0.29, 0.717) is 76.9 Å². The Morgan fingerprint density at radius 3 is 1.83 bits per heavy atom. The van der Waals surface area contributed by atoms with Crippen molar-refractivity contribution in [3.63, 3.8) is 0 Å². The van der Waals surface area contributed by atoms with Crippen LogP contribution in [0, 0.1) is 11.8 Å². The maximum Gasteiger partial charge on any atom is 0.326 e. The van der Waals surface area contributed by atoms with Crippen LogP contribution in [0.1, 0.15) is 92.1 Å². The molecular weight excluding hydrogens is 1010 g/mol. The van der Waals surface area contributed by atoms with Crippen LogP contribution in [0.25, 0.3) is 10.8 Å². The Morgan fingerprint density at radius 1 is 0.577 bits per heavy atom. The summed E-state index contributed by atoms with van der Waals surface area (Å²) in [7, 11) is 0. The highest BCUT2D eigenvalue weighted by Gasteiger charge is 2.31. The molecule has 11 N–H and O–H groups in total. The Morgan fingerprint density at radius 2 is 1.19 bits per heavy atom. The normalized spacial score (nSPS) is 18.5. The molecule has 0 unspecified atom stereocenters. The first kappa shape index (κ1) is 61.6. The number of nitrogens with zero attached hydrogens (tertiary/aromatic N) is 3. The van der Waals surface area contributed by atoms with Gasteiger partial charge in [0, 0.05) is 76.7 Å². The molecule has 2 fully saturated rings. The Kier molecular flexibility index (Phi) is 25.7. The summed E-state index contributed by atoms with van der Waals surface area (Å²) in [5.41, 5.74) is 2.39. The third kappa shape index (κ3) is 22.4. The van der Waals surface area contributed by atoms with Crippen LogP contribution in [0.2, 0.25) is 0 Å². The fourth-order valence-corrected chi connectivity index (χ4v) is 9.82. The van der Waals surface area contributed by atoms with Crippen LogP contribution in [-0.2, 0) is 46.5 Å². The minimum Gasteiger partial charge on any atom is -0.481 e. The van der Waals surface area contributed by atoms with Gasteiger partial charge in [-0.2, -0.15) is 0 Å². The van der Waals surface area contributed by atoms with Crippen LogP contribution < -0.4 is 31.9 Å². The highest BCUT2D eigenvalue weighted by atomic mass is 16.4. The van der Waals surface area contributed by atoms with E-state index in [2.05, 4.69) is 36.8 Å². The van der Waals surface area contributed by atoms with Gasteiger partial charge >= 0.3 is 35.9 Å². The minimum atomic E-state index is -1.54. The van der Waals surface area contributed by atoms with E-state index < -0.39 is 72.8 Å². The molecule has 78 heavy (non-hydrogen) atoms. The van der Waals surface area contributed by atoms with E-state index >= 15 is 0 Å². The fourth-order valence-electron chi connectivity index (χ4n) is 9.82. The number of amides is 5. The van der Waals surface area contributed by atoms with Crippen LogP contribution in [0.3, 0.4) is 0 Å².